The number of benzene rings is 1. The van der Waals surface area contributed by atoms with Gasteiger partial charge in [-0.25, -0.2) is 4.79 Å². The van der Waals surface area contributed by atoms with E-state index in [1.807, 2.05) is 18.5 Å². The van der Waals surface area contributed by atoms with Crippen molar-refractivity contribution in [2.24, 2.45) is 7.05 Å². The first-order valence-electron chi connectivity index (χ1n) is 6.54. The molecule has 1 aromatic carbocycles. The lowest BCUT2D eigenvalue weighted by Gasteiger charge is -2.05. The van der Waals surface area contributed by atoms with Crippen molar-refractivity contribution in [2.45, 2.75) is 13.8 Å². The van der Waals surface area contributed by atoms with Gasteiger partial charge in [0.2, 0.25) is 0 Å². The van der Waals surface area contributed by atoms with Gasteiger partial charge in [-0.1, -0.05) is 0 Å². The fraction of sp³-hybridized carbons (Fsp3) is 0.267. The van der Waals surface area contributed by atoms with E-state index in [1.165, 1.54) is 12.1 Å². The SMILES string of the molecule is CCOC(=O)c1cc(-c2ccc([N+](=O)[O-])cc2)n(C)c1C. The molecule has 0 radical (unpaired) electrons. The number of nitro groups is 1. The summed E-state index contributed by atoms with van der Waals surface area (Å²) in [6.45, 7) is 3.91. The number of nitro benzene ring substituents is 1. The molecule has 0 bridgehead atoms. The molecule has 6 nitrogen and oxygen atoms in total. The Morgan fingerprint density at radius 2 is 1.95 bits per heavy atom. The van der Waals surface area contributed by atoms with Crippen LogP contribution in [0.1, 0.15) is 23.0 Å². The molecule has 2 rings (SSSR count). The number of aromatic nitrogens is 1. The van der Waals surface area contributed by atoms with Crippen LogP contribution in [0.3, 0.4) is 0 Å². The maximum atomic E-state index is 11.9. The highest BCUT2D eigenvalue weighted by atomic mass is 16.6. The topological polar surface area (TPSA) is 74.4 Å². The maximum Gasteiger partial charge on any atom is 0.339 e. The average Bonchev–Trinajstić information content (AvgIpc) is 2.76. The summed E-state index contributed by atoms with van der Waals surface area (Å²) in [6.07, 6.45) is 0. The Labute approximate surface area is 122 Å². The van der Waals surface area contributed by atoms with E-state index in [0.29, 0.717) is 12.2 Å². The number of hydrogen-bond donors (Lipinski definition) is 0. The first kappa shape index (κ1) is 14.8. The fourth-order valence-corrected chi connectivity index (χ4v) is 2.15. The molecule has 110 valence electrons. The molecule has 0 N–H and O–H groups in total. The lowest BCUT2D eigenvalue weighted by atomic mass is 10.1. The lowest BCUT2D eigenvalue weighted by Crippen LogP contribution is -2.06. The molecule has 0 saturated carbocycles. The number of rotatable bonds is 4. The molecule has 0 unspecified atom stereocenters. The monoisotopic (exact) mass is 288 g/mol. The van der Waals surface area contributed by atoms with Crippen molar-refractivity contribution in [3.05, 3.63) is 51.7 Å². The van der Waals surface area contributed by atoms with Crippen molar-refractivity contribution < 1.29 is 14.5 Å². The summed E-state index contributed by atoms with van der Waals surface area (Å²) in [5.41, 5.74) is 2.96. The second kappa shape index (κ2) is 5.78. The number of hydrogen-bond acceptors (Lipinski definition) is 4. The fourth-order valence-electron chi connectivity index (χ4n) is 2.15. The van der Waals surface area contributed by atoms with Crippen LogP contribution >= 0.6 is 0 Å². The Morgan fingerprint density at radius 3 is 2.48 bits per heavy atom. The Hall–Kier alpha value is -2.63. The minimum atomic E-state index is -0.440. The summed E-state index contributed by atoms with van der Waals surface area (Å²) in [5.74, 6) is -0.362. The maximum absolute atomic E-state index is 11.9. The highest BCUT2D eigenvalue weighted by Gasteiger charge is 2.18. The van der Waals surface area contributed by atoms with Crippen molar-refractivity contribution in [2.75, 3.05) is 6.61 Å². The molecule has 1 aromatic heterocycles. The van der Waals surface area contributed by atoms with Crippen molar-refractivity contribution in [1.82, 2.24) is 4.57 Å². The summed E-state index contributed by atoms with van der Waals surface area (Å²) in [4.78, 5) is 22.1. The molecule has 6 heteroatoms. The van der Waals surface area contributed by atoms with E-state index < -0.39 is 4.92 Å². The second-order valence-corrected chi connectivity index (χ2v) is 4.61. The summed E-state index contributed by atoms with van der Waals surface area (Å²) in [7, 11) is 1.84. The average molecular weight is 288 g/mol. The molecule has 0 spiro atoms. The molecular formula is C15H16N2O4. The van der Waals surface area contributed by atoms with Gasteiger partial charge in [0.05, 0.1) is 17.1 Å². The van der Waals surface area contributed by atoms with Gasteiger partial charge >= 0.3 is 5.97 Å². The van der Waals surface area contributed by atoms with Crippen LogP contribution in [-0.4, -0.2) is 22.1 Å². The Bertz CT molecular complexity index is 686. The van der Waals surface area contributed by atoms with Crippen LogP contribution in [0.15, 0.2) is 30.3 Å². The van der Waals surface area contributed by atoms with E-state index in [-0.39, 0.29) is 11.7 Å². The van der Waals surface area contributed by atoms with E-state index in [2.05, 4.69) is 0 Å². The van der Waals surface area contributed by atoms with Crippen LogP contribution in [0, 0.1) is 17.0 Å². The summed E-state index contributed by atoms with van der Waals surface area (Å²) in [6, 6.07) is 7.97. The molecule has 0 aliphatic carbocycles. The molecule has 0 fully saturated rings. The molecule has 0 saturated heterocycles. The van der Waals surface area contributed by atoms with Crippen LogP contribution in [0.4, 0.5) is 5.69 Å². The van der Waals surface area contributed by atoms with Gasteiger partial charge in [-0.05, 0) is 37.6 Å². The minimum Gasteiger partial charge on any atom is -0.462 e. The van der Waals surface area contributed by atoms with Gasteiger partial charge in [-0.3, -0.25) is 10.1 Å². The molecule has 0 aliphatic heterocycles. The third kappa shape index (κ3) is 2.79. The first-order valence-corrected chi connectivity index (χ1v) is 6.54. The molecule has 21 heavy (non-hydrogen) atoms. The van der Waals surface area contributed by atoms with Gasteiger partial charge in [-0.2, -0.15) is 0 Å². The van der Waals surface area contributed by atoms with Gasteiger partial charge in [0.1, 0.15) is 0 Å². The quantitative estimate of drug-likeness (QED) is 0.492. The first-order chi connectivity index (χ1) is 9.95. The van der Waals surface area contributed by atoms with Crippen molar-refractivity contribution in [3.63, 3.8) is 0 Å². The second-order valence-electron chi connectivity index (χ2n) is 4.61. The van der Waals surface area contributed by atoms with Crippen molar-refractivity contribution in [3.8, 4) is 11.3 Å². The minimum absolute atomic E-state index is 0.0373. The molecule has 0 aliphatic rings. The Kier molecular flexibility index (Phi) is 4.07. The number of carbonyl (C=O) groups is 1. The molecular weight excluding hydrogens is 272 g/mol. The molecule has 0 atom stereocenters. The van der Waals surface area contributed by atoms with E-state index in [9.17, 15) is 14.9 Å². The van der Waals surface area contributed by atoms with E-state index in [0.717, 1.165) is 17.0 Å². The Morgan fingerprint density at radius 1 is 1.33 bits per heavy atom. The third-order valence-corrected chi connectivity index (χ3v) is 3.40. The van der Waals surface area contributed by atoms with Crippen LogP contribution in [0.5, 0.6) is 0 Å². The number of ether oxygens (including phenoxy) is 1. The van der Waals surface area contributed by atoms with E-state index >= 15 is 0 Å². The van der Waals surface area contributed by atoms with Crippen LogP contribution < -0.4 is 0 Å². The van der Waals surface area contributed by atoms with Gasteiger partial charge < -0.3 is 9.30 Å². The predicted molar refractivity (Wildman–Crippen MR) is 78.2 cm³/mol. The number of non-ortho nitro benzene ring substituents is 1. The normalized spacial score (nSPS) is 10.4. The highest BCUT2D eigenvalue weighted by Crippen LogP contribution is 2.27. The summed E-state index contributed by atoms with van der Waals surface area (Å²) < 4.78 is 6.89. The van der Waals surface area contributed by atoms with Crippen LogP contribution in [0.2, 0.25) is 0 Å². The van der Waals surface area contributed by atoms with E-state index in [4.69, 9.17) is 4.74 Å². The molecule has 0 amide bonds. The van der Waals surface area contributed by atoms with Crippen LogP contribution in [-0.2, 0) is 11.8 Å². The Balaban J connectivity index is 2.42. The van der Waals surface area contributed by atoms with Gasteiger partial charge in [0, 0.05) is 30.6 Å². The zero-order valence-electron chi connectivity index (χ0n) is 12.1. The van der Waals surface area contributed by atoms with Crippen molar-refractivity contribution in [1.29, 1.82) is 0 Å². The lowest BCUT2D eigenvalue weighted by molar-refractivity contribution is -0.384. The molecule has 2 aromatic rings. The highest BCUT2D eigenvalue weighted by molar-refractivity contribution is 5.92. The van der Waals surface area contributed by atoms with Crippen molar-refractivity contribution >= 4 is 11.7 Å². The number of nitrogens with zero attached hydrogens (tertiary/aromatic N) is 2. The van der Waals surface area contributed by atoms with E-state index in [1.54, 1.807) is 25.1 Å². The zero-order valence-corrected chi connectivity index (χ0v) is 12.1. The summed E-state index contributed by atoms with van der Waals surface area (Å²) >= 11 is 0. The molecule has 1 heterocycles. The number of carbonyl (C=O) groups excluding carboxylic acids is 1. The predicted octanol–water partition coefficient (Wildman–Crippen LogP) is 3.09. The smallest absolute Gasteiger partial charge is 0.339 e. The van der Waals surface area contributed by atoms with Gasteiger partial charge in [-0.15, -0.1) is 0 Å². The summed E-state index contributed by atoms with van der Waals surface area (Å²) in [5, 5.41) is 10.7. The zero-order chi connectivity index (χ0) is 15.6. The largest absolute Gasteiger partial charge is 0.462 e. The third-order valence-electron chi connectivity index (χ3n) is 3.40. The number of esters is 1. The standard InChI is InChI=1S/C15H16N2O4/c1-4-21-15(18)13-9-14(16(3)10(13)2)11-5-7-12(8-6-11)17(19)20/h5-9H,4H2,1-3H3. The van der Waals surface area contributed by atoms with Gasteiger partial charge in [0.25, 0.3) is 5.69 Å². The van der Waals surface area contributed by atoms with Crippen LogP contribution in [0.25, 0.3) is 11.3 Å². The van der Waals surface area contributed by atoms with Gasteiger partial charge in [0.15, 0.2) is 0 Å².